The molecule has 1 aromatic carbocycles. The molecule has 1 fully saturated rings. The van der Waals surface area contributed by atoms with Gasteiger partial charge in [-0.15, -0.1) is 0 Å². The van der Waals surface area contributed by atoms with E-state index in [1.54, 1.807) is 19.2 Å². The van der Waals surface area contributed by atoms with Crippen molar-refractivity contribution in [2.45, 2.75) is 52.4 Å². The molecule has 0 aliphatic carbocycles. The highest BCUT2D eigenvalue weighted by Crippen LogP contribution is 2.24. The zero-order valence-corrected chi connectivity index (χ0v) is 20.0. The molecule has 0 bridgehead atoms. The smallest absolute Gasteiger partial charge is 0.251 e. The van der Waals surface area contributed by atoms with Gasteiger partial charge in [-0.05, 0) is 43.7 Å². The van der Waals surface area contributed by atoms with Crippen LogP contribution in [-0.4, -0.2) is 62.9 Å². The van der Waals surface area contributed by atoms with Gasteiger partial charge in [0.05, 0.1) is 24.5 Å². The van der Waals surface area contributed by atoms with E-state index in [1.165, 1.54) is 0 Å². The van der Waals surface area contributed by atoms with E-state index in [2.05, 4.69) is 25.3 Å². The SMILES string of the molecule is Cc1cc(-c2ccc(OC3CN(Cc4nc(C(C)C)no4)C3)cn2)ccc1C(=O)NC[C@@H](C)O. The lowest BCUT2D eigenvalue weighted by Gasteiger charge is -2.37. The van der Waals surface area contributed by atoms with Crippen LogP contribution in [0.4, 0.5) is 0 Å². The Balaban J connectivity index is 1.29. The van der Waals surface area contributed by atoms with Crippen molar-refractivity contribution in [1.29, 1.82) is 0 Å². The number of rotatable bonds is 9. The average Bonchev–Trinajstić information content (AvgIpc) is 3.25. The molecular formula is C25H31N5O4. The molecule has 9 heteroatoms. The van der Waals surface area contributed by atoms with Crippen molar-refractivity contribution in [2.24, 2.45) is 0 Å². The average molecular weight is 466 g/mol. The molecule has 4 rings (SSSR count). The Labute approximate surface area is 199 Å². The number of aliphatic hydroxyl groups excluding tert-OH is 1. The standard InChI is InChI=1S/C25H31N5O4/c1-15(2)24-28-23(34-29-24)14-30-12-20(13-30)33-19-6-8-22(26-11-19)18-5-7-21(16(3)9-18)25(32)27-10-17(4)31/h5-9,11,15,17,20,31H,10,12-14H2,1-4H3,(H,27,32)/t17-/m1/s1. The third-order valence-corrected chi connectivity index (χ3v) is 5.65. The second kappa shape index (κ2) is 10.3. The second-order valence-corrected chi connectivity index (χ2v) is 9.10. The Morgan fingerprint density at radius 1 is 1.26 bits per heavy atom. The first kappa shape index (κ1) is 23.8. The van der Waals surface area contributed by atoms with E-state index < -0.39 is 6.10 Å². The number of aryl methyl sites for hydroxylation is 1. The summed E-state index contributed by atoms with van der Waals surface area (Å²) in [6.07, 6.45) is 1.24. The number of ether oxygens (including phenoxy) is 1. The maximum absolute atomic E-state index is 12.3. The van der Waals surface area contributed by atoms with E-state index in [-0.39, 0.29) is 24.5 Å². The van der Waals surface area contributed by atoms with Crippen LogP contribution in [-0.2, 0) is 6.54 Å². The van der Waals surface area contributed by atoms with E-state index in [4.69, 9.17) is 9.26 Å². The zero-order valence-electron chi connectivity index (χ0n) is 20.0. The topological polar surface area (TPSA) is 114 Å². The number of aromatic nitrogens is 3. The number of pyridine rings is 1. The molecule has 0 unspecified atom stereocenters. The number of carbonyl (C=O) groups is 1. The minimum Gasteiger partial charge on any atom is -0.486 e. The molecule has 1 amide bonds. The van der Waals surface area contributed by atoms with Crippen LogP contribution in [0.25, 0.3) is 11.3 Å². The first-order valence-corrected chi connectivity index (χ1v) is 11.5. The second-order valence-electron chi connectivity index (χ2n) is 9.10. The summed E-state index contributed by atoms with van der Waals surface area (Å²) >= 11 is 0. The normalized spacial score (nSPS) is 15.2. The summed E-state index contributed by atoms with van der Waals surface area (Å²) in [5, 5.41) is 16.1. The third-order valence-electron chi connectivity index (χ3n) is 5.65. The third kappa shape index (κ3) is 5.78. The monoisotopic (exact) mass is 465 g/mol. The molecule has 2 N–H and O–H groups in total. The molecule has 0 saturated carbocycles. The van der Waals surface area contributed by atoms with Crippen molar-refractivity contribution in [1.82, 2.24) is 25.3 Å². The Hall–Kier alpha value is -3.30. The Morgan fingerprint density at radius 3 is 2.68 bits per heavy atom. The predicted molar refractivity (Wildman–Crippen MR) is 127 cm³/mol. The number of benzene rings is 1. The van der Waals surface area contributed by atoms with Gasteiger partial charge in [-0.1, -0.05) is 25.1 Å². The number of aliphatic hydroxyl groups is 1. The van der Waals surface area contributed by atoms with Crippen molar-refractivity contribution >= 4 is 5.91 Å². The first-order valence-electron chi connectivity index (χ1n) is 11.5. The number of nitrogens with zero attached hydrogens (tertiary/aromatic N) is 4. The van der Waals surface area contributed by atoms with Gasteiger partial charge in [0.2, 0.25) is 5.89 Å². The number of amides is 1. The fourth-order valence-electron chi connectivity index (χ4n) is 3.71. The summed E-state index contributed by atoms with van der Waals surface area (Å²) in [7, 11) is 0. The van der Waals surface area contributed by atoms with Crippen LogP contribution in [0.5, 0.6) is 5.75 Å². The molecule has 3 aromatic rings. The van der Waals surface area contributed by atoms with Crippen molar-refractivity contribution in [3.05, 3.63) is 59.4 Å². The number of carbonyl (C=O) groups excluding carboxylic acids is 1. The number of hydrogen-bond donors (Lipinski definition) is 2. The summed E-state index contributed by atoms with van der Waals surface area (Å²) in [6, 6.07) is 9.42. The summed E-state index contributed by atoms with van der Waals surface area (Å²) in [5.74, 6) is 2.14. The van der Waals surface area contributed by atoms with Crippen LogP contribution in [0, 0.1) is 6.92 Å². The number of likely N-dealkylation sites (tertiary alicyclic amines) is 1. The molecule has 180 valence electrons. The molecule has 1 aliphatic heterocycles. The van der Waals surface area contributed by atoms with E-state index >= 15 is 0 Å². The number of hydrogen-bond acceptors (Lipinski definition) is 8. The maximum atomic E-state index is 12.3. The van der Waals surface area contributed by atoms with E-state index in [0.29, 0.717) is 18.0 Å². The van der Waals surface area contributed by atoms with Gasteiger partial charge < -0.3 is 19.7 Å². The highest BCUT2D eigenvalue weighted by atomic mass is 16.5. The molecule has 0 spiro atoms. The molecule has 1 atom stereocenters. The Kier molecular flexibility index (Phi) is 7.23. The van der Waals surface area contributed by atoms with E-state index in [1.807, 2.05) is 45.0 Å². The maximum Gasteiger partial charge on any atom is 0.251 e. The molecular weight excluding hydrogens is 434 g/mol. The fraction of sp³-hybridized carbons (Fsp3) is 0.440. The summed E-state index contributed by atoms with van der Waals surface area (Å²) in [5.41, 5.74) is 3.16. The van der Waals surface area contributed by atoms with Gasteiger partial charge in [0.1, 0.15) is 11.9 Å². The van der Waals surface area contributed by atoms with Gasteiger partial charge in [0, 0.05) is 36.7 Å². The predicted octanol–water partition coefficient (Wildman–Crippen LogP) is 2.94. The van der Waals surface area contributed by atoms with Crippen molar-refractivity contribution < 1.29 is 19.2 Å². The fourth-order valence-corrected chi connectivity index (χ4v) is 3.71. The Bertz CT molecular complexity index is 1120. The van der Waals surface area contributed by atoms with Crippen molar-refractivity contribution in [2.75, 3.05) is 19.6 Å². The van der Waals surface area contributed by atoms with Crippen LogP contribution in [0.15, 0.2) is 41.1 Å². The van der Waals surface area contributed by atoms with Gasteiger partial charge in [0.25, 0.3) is 5.91 Å². The quantitative estimate of drug-likeness (QED) is 0.496. The van der Waals surface area contributed by atoms with E-state index in [9.17, 15) is 9.90 Å². The van der Waals surface area contributed by atoms with Gasteiger partial charge in [-0.3, -0.25) is 14.7 Å². The molecule has 9 nitrogen and oxygen atoms in total. The highest BCUT2D eigenvalue weighted by Gasteiger charge is 2.30. The van der Waals surface area contributed by atoms with Crippen LogP contribution in [0.2, 0.25) is 0 Å². The van der Waals surface area contributed by atoms with Crippen LogP contribution >= 0.6 is 0 Å². The van der Waals surface area contributed by atoms with Gasteiger partial charge in [-0.2, -0.15) is 4.98 Å². The van der Waals surface area contributed by atoms with Crippen LogP contribution < -0.4 is 10.1 Å². The Morgan fingerprint density at radius 2 is 2.06 bits per heavy atom. The molecule has 2 aromatic heterocycles. The lowest BCUT2D eigenvalue weighted by molar-refractivity contribution is 0.00844. The molecule has 0 radical (unpaired) electrons. The molecule has 1 aliphatic rings. The lowest BCUT2D eigenvalue weighted by Crippen LogP contribution is -2.53. The summed E-state index contributed by atoms with van der Waals surface area (Å²) in [6.45, 7) is 10.0. The van der Waals surface area contributed by atoms with Crippen LogP contribution in [0.3, 0.4) is 0 Å². The minimum atomic E-state index is -0.584. The summed E-state index contributed by atoms with van der Waals surface area (Å²) < 4.78 is 11.3. The zero-order chi connectivity index (χ0) is 24.2. The highest BCUT2D eigenvalue weighted by molar-refractivity contribution is 5.96. The van der Waals surface area contributed by atoms with Gasteiger partial charge in [-0.25, -0.2) is 0 Å². The number of nitrogens with one attached hydrogen (secondary N) is 1. The van der Waals surface area contributed by atoms with E-state index in [0.717, 1.165) is 41.5 Å². The molecule has 34 heavy (non-hydrogen) atoms. The van der Waals surface area contributed by atoms with Crippen LogP contribution in [0.1, 0.15) is 54.3 Å². The minimum absolute atomic E-state index is 0.0989. The summed E-state index contributed by atoms with van der Waals surface area (Å²) in [4.78, 5) is 23.4. The molecule has 1 saturated heterocycles. The first-order chi connectivity index (χ1) is 16.3. The molecule has 3 heterocycles. The lowest BCUT2D eigenvalue weighted by atomic mass is 10.0. The largest absolute Gasteiger partial charge is 0.486 e. The van der Waals surface area contributed by atoms with Gasteiger partial charge >= 0.3 is 0 Å². The van der Waals surface area contributed by atoms with Crippen molar-refractivity contribution in [3.63, 3.8) is 0 Å². The van der Waals surface area contributed by atoms with Gasteiger partial charge in [0.15, 0.2) is 5.82 Å². The van der Waals surface area contributed by atoms with Crippen molar-refractivity contribution in [3.8, 4) is 17.0 Å².